The monoisotopic (exact) mass is 411 g/mol. The van der Waals surface area contributed by atoms with Crippen molar-refractivity contribution in [1.82, 2.24) is 5.32 Å². The first-order valence-electron chi connectivity index (χ1n) is 9.16. The second-order valence-electron chi connectivity index (χ2n) is 6.37. The van der Waals surface area contributed by atoms with E-state index < -0.39 is 12.6 Å². The molecule has 0 unspecified atom stereocenters. The third kappa shape index (κ3) is 6.41. The molecule has 0 aliphatic heterocycles. The average Bonchev–Trinajstić information content (AvgIpc) is 2.74. The minimum atomic E-state index is -2.90. The van der Waals surface area contributed by atoms with Gasteiger partial charge in [-0.15, -0.1) is 0 Å². The first-order valence-corrected chi connectivity index (χ1v) is 9.16. The van der Waals surface area contributed by atoms with E-state index in [9.17, 15) is 18.4 Å². The molecule has 7 heteroatoms. The number of esters is 1. The maximum atomic E-state index is 12.3. The fourth-order valence-corrected chi connectivity index (χ4v) is 2.70. The molecule has 3 aromatic rings. The third-order valence-electron chi connectivity index (χ3n) is 4.12. The molecule has 0 aliphatic rings. The normalized spacial score (nSPS) is 10.5. The summed E-state index contributed by atoms with van der Waals surface area (Å²) in [7, 11) is 0. The summed E-state index contributed by atoms with van der Waals surface area (Å²) in [5.74, 6) is -0.577. The smallest absolute Gasteiger partial charge is 0.387 e. The van der Waals surface area contributed by atoms with E-state index in [2.05, 4.69) is 10.1 Å². The van der Waals surface area contributed by atoms with Gasteiger partial charge in [-0.25, -0.2) is 0 Å². The van der Waals surface area contributed by atoms with Crippen molar-refractivity contribution >= 4 is 11.9 Å². The molecule has 1 amide bonds. The molecule has 1 N–H and O–H groups in total. The number of ether oxygens (including phenoxy) is 2. The van der Waals surface area contributed by atoms with Crippen LogP contribution in [0.15, 0.2) is 78.9 Å². The molecule has 0 heterocycles. The highest BCUT2D eigenvalue weighted by Crippen LogP contribution is 2.17. The fraction of sp³-hybridized carbons (Fsp3) is 0.130. The van der Waals surface area contributed by atoms with Crippen LogP contribution in [0.25, 0.3) is 0 Å². The van der Waals surface area contributed by atoms with E-state index in [0.29, 0.717) is 17.7 Å². The number of hydrogen-bond acceptors (Lipinski definition) is 4. The first-order chi connectivity index (χ1) is 14.5. The number of rotatable bonds is 8. The zero-order valence-corrected chi connectivity index (χ0v) is 15.9. The molecule has 0 bridgehead atoms. The van der Waals surface area contributed by atoms with Gasteiger partial charge >= 0.3 is 12.6 Å². The average molecular weight is 411 g/mol. The Balaban J connectivity index is 1.55. The van der Waals surface area contributed by atoms with Crippen molar-refractivity contribution in [3.8, 4) is 11.5 Å². The van der Waals surface area contributed by atoms with Crippen LogP contribution in [0.4, 0.5) is 8.78 Å². The fourth-order valence-electron chi connectivity index (χ4n) is 2.70. The largest absolute Gasteiger partial charge is 0.435 e. The zero-order valence-electron chi connectivity index (χ0n) is 15.9. The van der Waals surface area contributed by atoms with Crippen LogP contribution in [0.2, 0.25) is 0 Å². The van der Waals surface area contributed by atoms with Gasteiger partial charge in [-0.2, -0.15) is 8.78 Å². The van der Waals surface area contributed by atoms with Crippen LogP contribution < -0.4 is 14.8 Å². The number of halogens is 2. The Morgan fingerprint density at radius 3 is 2.27 bits per heavy atom. The molecule has 0 fully saturated rings. The van der Waals surface area contributed by atoms with Gasteiger partial charge in [0, 0.05) is 12.1 Å². The van der Waals surface area contributed by atoms with Gasteiger partial charge in [0.25, 0.3) is 5.91 Å². The number of nitrogens with one attached hydrogen (secondary N) is 1. The maximum absolute atomic E-state index is 12.3. The van der Waals surface area contributed by atoms with Gasteiger partial charge in [0.05, 0.1) is 6.42 Å². The first kappa shape index (κ1) is 21.0. The van der Waals surface area contributed by atoms with Crippen LogP contribution in [-0.4, -0.2) is 18.5 Å². The summed E-state index contributed by atoms with van der Waals surface area (Å²) in [5.41, 5.74) is 1.92. The SMILES string of the molecule is O=C(Cc1ccc(OC(F)F)cc1)Oc1cccc(C(=O)NCc2ccccc2)c1. The Hall–Kier alpha value is -3.74. The number of carbonyl (C=O) groups is 2. The number of amides is 1. The molecule has 0 atom stereocenters. The topological polar surface area (TPSA) is 64.6 Å². The van der Waals surface area contributed by atoms with E-state index in [0.717, 1.165) is 5.56 Å². The van der Waals surface area contributed by atoms with Crippen LogP contribution in [0.1, 0.15) is 21.5 Å². The lowest BCUT2D eigenvalue weighted by molar-refractivity contribution is -0.133. The van der Waals surface area contributed by atoms with E-state index >= 15 is 0 Å². The molecule has 3 rings (SSSR count). The van der Waals surface area contributed by atoms with Crippen molar-refractivity contribution in [3.63, 3.8) is 0 Å². The summed E-state index contributed by atoms with van der Waals surface area (Å²) in [4.78, 5) is 24.5. The Morgan fingerprint density at radius 2 is 1.57 bits per heavy atom. The van der Waals surface area contributed by atoms with Gasteiger partial charge in [0.2, 0.25) is 0 Å². The van der Waals surface area contributed by atoms with Crippen LogP contribution >= 0.6 is 0 Å². The maximum Gasteiger partial charge on any atom is 0.387 e. The van der Waals surface area contributed by atoms with Crippen molar-refractivity contribution < 1.29 is 27.8 Å². The molecule has 5 nitrogen and oxygen atoms in total. The minimum Gasteiger partial charge on any atom is -0.435 e. The summed E-state index contributed by atoms with van der Waals surface area (Å²) < 4.78 is 33.9. The number of alkyl halides is 2. The quantitative estimate of drug-likeness (QED) is 0.442. The Bertz CT molecular complexity index is 992. The summed E-state index contributed by atoms with van der Waals surface area (Å²) in [6.07, 6.45) is -0.0562. The lowest BCUT2D eigenvalue weighted by atomic mass is 10.1. The molecule has 0 aliphatic carbocycles. The van der Waals surface area contributed by atoms with E-state index in [1.165, 1.54) is 30.3 Å². The van der Waals surface area contributed by atoms with Gasteiger partial charge in [-0.1, -0.05) is 48.5 Å². The Kier molecular flexibility index (Phi) is 7.10. The summed E-state index contributed by atoms with van der Waals surface area (Å²) in [6.45, 7) is -2.52. The zero-order chi connectivity index (χ0) is 21.3. The predicted octanol–water partition coefficient (Wildman–Crippen LogP) is 4.37. The molecule has 3 aromatic carbocycles. The standard InChI is InChI=1S/C23H19F2NO4/c24-23(25)30-19-11-9-16(10-12-19)13-21(27)29-20-8-4-7-18(14-20)22(28)26-15-17-5-2-1-3-6-17/h1-12,14,23H,13,15H2,(H,26,28). The van der Waals surface area contributed by atoms with Gasteiger partial charge < -0.3 is 14.8 Å². The molecular weight excluding hydrogens is 392 g/mol. The second kappa shape index (κ2) is 10.2. The predicted molar refractivity (Wildman–Crippen MR) is 106 cm³/mol. The van der Waals surface area contributed by atoms with Crippen LogP contribution in [0, 0.1) is 0 Å². The number of carbonyl (C=O) groups excluding carboxylic acids is 2. The van der Waals surface area contributed by atoms with Gasteiger partial charge in [0.15, 0.2) is 0 Å². The minimum absolute atomic E-state index is 0.0105. The highest BCUT2D eigenvalue weighted by Gasteiger charge is 2.11. The van der Waals surface area contributed by atoms with Gasteiger partial charge in [-0.05, 0) is 41.5 Å². The van der Waals surface area contributed by atoms with Crippen molar-refractivity contribution in [2.45, 2.75) is 19.6 Å². The highest BCUT2D eigenvalue weighted by molar-refractivity contribution is 5.94. The highest BCUT2D eigenvalue weighted by atomic mass is 19.3. The molecule has 0 saturated carbocycles. The van der Waals surface area contributed by atoms with E-state index in [1.54, 1.807) is 18.2 Å². The van der Waals surface area contributed by atoms with Crippen LogP contribution in [0.5, 0.6) is 11.5 Å². The lowest BCUT2D eigenvalue weighted by Gasteiger charge is -2.09. The van der Waals surface area contributed by atoms with Gasteiger partial charge in [0.1, 0.15) is 11.5 Å². The molecule has 0 radical (unpaired) electrons. The van der Waals surface area contributed by atoms with Crippen molar-refractivity contribution in [2.75, 3.05) is 0 Å². The van der Waals surface area contributed by atoms with E-state index in [4.69, 9.17) is 4.74 Å². The molecular formula is C23H19F2NO4. The van der Waals surface area contributed by atoms with Crippen molar-refractivity contribution in [1.29, 1.82) is 0 Å². The molecule has 154 valence electrons. The van der Waals surface area contributed by atoms with E-state index in [-0.39, 0.29) is 23.8 Å². The summed E-state index contributed by atoms with van der Waals surface area (Å²) >= 11 is 0. The molecule has 30 heavy (non-hydrogen) atoms. The summed E-state index contributed by atoms with van der Waals surface area (Å²) in [5, 5.41) is 2.81. The second-order valence-corrected chi connectivity index (χ2v) is 6.37. The van der Waals surface area contributed by atoms with Crippen molar-refractivity contribution in [3.05, 3.63) is 95.6 Å². The van der Waals surface area contributed by atoms with Crippen LogP contribution in [0.3, 0.4) is 0 Å². The van der Waals surface area contributed by atoms with E-state index in [1.807, 2.05) is 30.3 Å². The number of hydrogen-bond donors (Lipinski definition) is 1. The molecule has 0 saturated heterocycles. The summed E-state index contributed by atoms with van der Waals surface area (Å²) in [6, 6.07) is 21.5. The van der Waals surface area contributed by atoms with Gasteiger partial charge in [-0.3, -0.25) is 9.59 Å². The Labute approximate surface area is 172 Å². The Morgan fingerprint density at radius 1 is 0.833 bits per heavy atom. The molecule has 0 spiro atoms. The van der Waals surface area contributed by atoms with Crippen LogP contribution in [-0.2, 0) is 17.8 Å². The van der Waals surface area contributed by atoms with Crippen molar-refractivity contribution in [2.24, 2.45) is 0 Å². The molecule has 0 aromatic heterocycles. The number of benzene rings is 3. The lowest BCUT2D eigenvalue weighted by Crippen LogP contribution is -2.22. The third-order valence-corrected chi connectivity index (χ3v) is 4.12.